The molecule has 4 heterocycles. The minimum Gasteiger partial charge on any atom is -0.497 e. The monoisotopic (exact) mass is 502 g/mol. The normalized spacial score (nSPS) is 20.2. The molecular formula is C25H28ClFN4O4. The molecule has 2 aliphatic rings. The number of ether oxygens (including phenoxy) is 3. The predicted octanol–water partition coefficient (Wildman–Crippen LogP) is 2.97. The fourth-order valence-corrected chi connectivity index (χ4v) is 4.91. The maximum atomic E-state index is 14.5. The highest BCUT2D eigenvalue weighted by molar-refractivity contribution is 6.32. The molecule has 2 atom stereocenters. The molecule has 186 valence electrons. The van der Waals surface area contributed by atoms with E-state index in [-0.39, 0.29) is 11.6 Å². The molecule has 1 saturated heterocycles. The number of nitrogens with zero attached hydrogens (tertiary/aromatic N) is 3. The van der Waals surface area contributed by atoms with Crippen LogP contribution >= 0.6 is 11.6 Å². The number of halogens is 2. The van der Waals surface area contributed by atoms with Crippen LogP contribution in [0.15, 0.2) is 30.6 Å². The van der Waals surface area contributed by atoms with Crippen molar-refractivity contribution in [3.63, 3.8) is 0 Å². The van der Waals surface area contributed by atoms with Gasteiger partial charge in [-0.3, -0.25) is 9.97 Å². The number of piperidine rings is 1. The third-order valence-electron chi connectivity index (χ3n) is 6.57. The summed E-state index contributed by atoms with van der Waals surface area (Å²) in [6.07, 6.45) is 4.05. The van der Waals surface area contributed by atoms with Gasteiger partial charge in [0.2, 0.25) is 0 Å². The molecule has 2 N–H and O–H groups in total. The topological polar surface area (TPSA) is 89.0 Å². The van der Waals surface area contributed by atoms with Gasteiger partial charge in [0.05, 0.1) is 30.1 Å². The first kappa shape index (κ1) is 24.0. The number of aliphatic hydroxyl groups excluding tert-OH is 1. The van der Waals surface area contributed by atoms with E-state index in [0.29, 0.717) is 66.9 Å². The molecule has 3 aromatic rings. The van der Waals surface area contributed by atoms with Crippen LogP contribution in [0, 0.1) is 5.82 Å². The van der Waals surface area contributed by atoms with Gasteiger partial charge >= 0.3 is 0 Å². The van der Waals surface area contributed by atoms with Gasteiger partial charge in [-0.2, -0.15) is 0 Å². The van der Waals surface area contributed by atoms with Crippen molar-refractivity contribution < 1.29 is 23.7 Å². The summed E-state index contributed by atoms with van der Waals surface area (Å²) in [6, 6.07) is 4.93. The third-order valence-corrected chi connectivity index (χ3v) is 6.89. The SMILES string of the molecule is COc1cc(F)c2ncc(Cl)c(CCN3CCC(NCc4cc5c(cn4)OCCO5)C(O)C3)c2c1. The van der Waals surface area contributed by atoms with E-state index in [1.54, 1.807) is 12.3 Å². The van der Waals surface area contributed by atoms with Crippen LogP contribution in [0.3, 0.4) is 0 Å². The van der Waals surface area contributed by atoms with E-state index >= 15 is 0 Å². The number of nitrogens with one attached hydrogen (secondary N) is 1. The lowest BCUT2D eigenvalue weighted by molar-refractivity contribution is 0.0403. The van der Waals surface area contributed by atoms with Crippen LogP contribution in [0.25, 0.3) is 10.9 Å². The number of fused-ring (bicyclic) bond motifs is 2. The molecule has 2 aliphatic heterocycles. The number of aliphatic hydroxyl groups is 1. The molecule has 1 fully saturated rings. The van der Waals surface area contributed by atoms with Gasteiger partial charge in [-0.1, -0.05) is 11.6 Å². The molecule has 0 amide bonds. The molecule has 1 aromatic carbocycles. The maximum Gasteiger partial charge on any atom is 0.179 e. The molecule has 2 unspecified atom stereocenters. The zero-order valence-electron chi connectivity index (χ0n) is 19.5. The Hall–Kier alpha value is -2.72. The molecule has 2 aromatic heterocycles. The fraction of sp³-hybridized carbons (Fsp3) is 0.440. The Morgan fingerprint density at radius 3 is 2.83 bits per heavy atom. The fourth-order valence-electron chi connectivity index (χ4n) is 4.67. The minimum absolute atomic E-state index is 0.0371. The van der Waals surface area contributed by atoms with Crippen LogP contribution in [0.5, 0.6) is 17.2 Å². The molecule has 8 nitrogen and oxygen atoms in total. The average molecular weight is 503 g/mol. The Labute approximate surface area is 208 Å². The maximum absolute atomic E-state index is 14.5. The first-order chi connectivity index (χ1) is 17.0. The summed E-state index contributed by atoms with van der Waals surface area (Å²) in [5.74, 6) is 1.36. The quantitative estimate of drug-likeness (QED) is 0.510. The van der Waals surface area contributed by atoms with Gasteiger partial charge in [0, 0.05) is 49.4 Å². The van der Waals surface area contributed by atoms with Crippen molar-refractivity contribution in [2.45, 2.75) is 31.5 Å². The number of hydrogen-bond donors (Lipinski definition) is 2. The highest BCUT2D eigenvalue weighted by Crippen LogP contribution is 2.31. The second-order valence-corrected chi connectivity index (χ2v) is 9.21. The van der Waals surface area contributed by atoms with Gasteiger partial charge < -0.3 is 29.5 Å². The highest BCUT2D eigenvalue weighted by atomic mass is 35.5. The molecule has 0 aliphatic carbocycles. The number of aromatic nitrogens is 2. The van der Waals surface area contributed by atoms with Crippen molar-refractivity contribution in [3.05, 3.63) is 52.7 Å². The number of hydrogen-bond acceptors (Lipinski definition) is 8. The van der Waals surface area contributed by atoms with Crippen LogP contribution in [0.2, 0.25) is 5.02 Å². The summed E-state index contributed by atoms with van der Waals surface area (Å²) in [6.45, 7) is 3.64. The molecule has 0 bridgehead atoms. The number of benzene rings is 1. The van der Waals surface area contributed by atoms with Gasteiger partial charge in [-0.15, -0.1) is 0 Å². The third kappa shape index (κ3) is 5.28. The first-order valence-electron chi connectivity index (χ1n) is 11.7. The van der Waals surface area contributed by atoms with Crippen molar-refractivity contribution in [1.29, 1.82) is 0 Å². The van der Waals surface area contributed by atoms with Crippen molar-refractivity contribution in [2.75, 3.05) is 40.0 Å². The lowest BCUT2D eigenvalue weighted by Crippen LogP contribution is -2.52. The smallest absolute Gasteiger partial charge is 0.179 e. The molecule has 10 heteroatoms. The van der Waals surface area contributed by atoms with Crippen LogP contribution < -0.4 is 19.5 Å². The number of rotatable bonds is 7. The van der Waals surface area contributed by atoms with Crippen LogP contribution in [-0.2, 0) is 13.0 Å². The Kier molecular flexibility index (Phi) is 7.19. The van der Waals surface area contributed by atoms with Crippen LogP contribution in [0.4, 0.5) is 4.39 Å². The average Bonchev–Trinajstić information content (AvgIpc) is 2.87. The van der Waals surface area contributed by atoms with E-state index in [0.717, 1.165) is 24.2 Å². The van der Waals surface area contributed by atoms with E-state index < -0.39 is 11.9 Å². The van der Waals surface area contributed by atoms with Crippen LogP contribution in [-0.4, -0.2) is 72.1 Å². The van der Waals surface area contributed by atoms with Gasteiger partial charge in [-0.25, -0.2) is 4.39 Å². The first-order valence-corrected chi connectivity index (χ1v) is 12.1. The Balaban J connectivity index is 1.18. The zero-order valence-corrected chi connectivity index (χ0v) is 20.2. The van der Waals surface area contributed by atoms with Gasteiger partial charge in [0.15, 0.2) is 17.3 Å². The zero-order chi connectivity index (χ0) is 24.4. The molecule has 5 rings (SSSR count). The van der Waals surface area contributed by atoms with Crippen LogP contribution in [0.1, 0.15) is 17.7 Å². The second kappa shape index (κ2) is 10.5. The van der Waals surface area contributed by atoms with Crippen molar-refractivity contribution in [3.8, 4) is 17.2 Å². The molecule has 0 saturated carbocycles. The minimum atomic E-state index is -0.525. The molecule has 0 radical (unpaired) electrons. The highest BCUT2D eigenvalue weighted by Gasteiger charge is 2.27. The van der Waals surface area contributed by atoms with Gasteiger partial charge in [0.25, 0.3) is 0 Å². The number of likely N-dealkylation sites (tertiary alicyclic amines) is 1. The summed E-state index contributed by atoms with van der Waals surface area (Å²) < 4.78 is 30.8. The summed E-state index contributed by atoms with van der Waals surface area (Å²) in [5, 5.41) is 15.3. The van der Waals surface area contributed by atoms with E-state index in [2.05, 4.69) is 20.2 Å². The van der Waals surface area contributed by atoms with E-state index in [9.17, 15) is 9.50 Å². The molecule has 0 spiro atoms. The lowest BCUT2D eigenvalue weighted by atomic mass is 10.00. The summed E-state index contributed by atoms with van der Waals surface area (Å²) in [7, 11) is 1.50. The lowest BCUT2D eigenvalue weighted by Gasteiger charge is -2.36. The molecular weight excluding hydrogens is 475 g/mol. The summed E-state index contributed by atoms with van der Waals surface area (Å²) in [5.41, 5.74) is 1.94. The summed E-state index contributed by atoms with van der Waals surface area (Å²) in [4.78, 5) is 10.8. The number of methoxy groups -OCH3 is 1. The van der Waals surface area contributed by atoms with Crippen molar-refractivity contribution in [2.24, 2.45) is 0 Å². The Morgan fingerprint density at radius 2 is 2.03 bits per heavy atom. The number of β-amino-alcohol motifs (C(OH)–C–C–N with tert-alkyl or cyclic N) is 1. The number of pyridine rings is 2. The van der Waals surface area contributed by atoms with Crippen molar-refractivity contribution in [1.82, 2.24) is 20.2 Å². The standard InChI is InChI=1S/C25H28ClFN4O4/c1-33-16-9-18-17(19(26)12-30-25(18)20(27)10-16)2-4-31-5-3-21(22(32)14-31)29-11-15-8-23-24(13-28-15)35-7-6-34-23/h8-10,12-13,21-22,29,32H,2-7,11,14H2,1H3. The van der Waals surface area contributed by atoms with E-state index in [1.165, 1.54) is 19.4 Å². The van der Waals surface area contributed by atoms with E-state index in [1.807, 2.05) is 6.07 Å². The predicted molar refractivity (Wildman–Crippen MR) is 130 cm³/mol. The van der Waals surface area contributed by atoms with Gasteiger partial charge in [-0.05, 0) is 31.0 Å². The Bertz CT molecular complexity index is 1210. The molecule has 35 heavy (non-hydrogen) atoms. The van der Waals surface area contributed by atoms with Gasteiger partial charge in [0.1, 0.15) is 24.5 Å². The van der Waals surface area contributed by atoms with E-state index in [4.69, 9.17) is 25.8 Å². The van der Waals surface area contributed by atoms with Crippen molar-refractivity contribution >= 4 is 22.5 Å². The second-order valence-electron chi connectivity index (χ2n) is 8.80. The largest absolute Gasteiger partial charge is 0.497 e. The Morgan fingerprint density at radius 1 is 1.20 bits per heavy atom. The summed E-state index contributed by atoms with van der Waals surface area (Å²) >= 11 is 6.44.